The van der Waals surface area contributed by atoms with E-state index in [1.807, 2.05) is 55.5 Å². The number of pyridine rings is 1. The summed E-state index contributed by atoms with van der Waals surface area (Å²) in [5.74, 6) is 0.133. The molecule has 0 saturated carbocycles. The van der Waals surface area contributed by atoms with Gasteiger partial charge in [-0.2, -0.15) is 0 Å². The Morgan fingerprint density at radius 2 is 1.82 bits per heavy atom. The van der Waals surface area contributed by atoms with E-state index in [0.29, 0.717) is 6.42 Å². The standard InChI is InChI=1S/C15H15NO/c1-12(13-7-3-2-4-8-13)15(17)11-14-9-5-6-10-16-14/h2-10,12H,11H2,1H3. The normalized spacial score (nSPS) is 12.1. The van der Waals surface area contributed by atoms with Gasteiger partial charge in [0.25, 0.3) is 0 Å². The quantitative estimate of drug-likeness (QED) is 0.800. The maximum atomic E-state index is 12.1. The molecule has 0 aliphatic carbocycles. The van der Waals surface area contributed by atoms with Gasteiger partial charge >= 0.3 is 0 Å². The number of carbonyl (C=O) groups excluding carboxylic acids is 1. The number of nitrogens with zero attached hydrogens (tertiary/aromatic N) is 1. The van der Waals surface area contributed by atoms with E-state index in [-0.39, 0.29) is 11.7 Å². The zero-order valence-corrected chi connectivity index (χ0v) is 9.84. The van der Waals surface area contributed by atoms with E-state index >= 15 is 0 Å². The van der Waals surface area contributed by atoms with Crippen molar-refractivity contribution in [1.29, 1.82) is 0 Å². The molecule has 2 nitrogen and oxygen atoms in total. The van der Waals surface area contributed by atoms with Crippen LogP contribution in [0.3, 0.4) is 0 Å². The second-order valence-corrected chi connectivity index (χ2v) is 4.10. The Labute approximate surface area is 101 Å². The lowest BCUT2D eigenvalue weighted by Crippen LogP contribution is -2.12. The summed E-state index contributed by atoms with van der Waals surface area (Å²) >= 11 is 0. The minimum Gasteiger partial charge on any atom is -0.299 e. The van der Waals surface area contributed by atoms with Gasteiger partial charge in [0.15, 0.2) is 0 Å². The third kappa shape index (κ3) is 3.00. The van der Waals surface area contributed by atoms with Gasteiger partial charge in [0.05, 0.1) is 0 Å². The molecule has 1 heterocycles. The van der Waals surface area contributed by atoms with Gasteiger partial charge in [0.1, 0.15) is 5.78 Å². The number of benzene rings is 1. The van der Waals surface area contributed by atoms with E-state index in [0.717, 1.165) is 11.3 Å². The molecule has 2 rings (SSSR count). The van der Waals surface area contributed by atoms with Crippen molar-refractivity contribution >= 4 is 5.78 Å². The number of carbonyl (C=O) groups is 1. The highest BCUT2D eigenvalue weighted by Gasteiger charge is 2.15. The molecule has 0 radical (unpaired) electrons. The average molecular weight is 225 g/mol. The summed E-state index contributed by atoms with van der Waals surface area (Å²) in [5, 5.41) is 0. The Bertz CT molecular complexity index is 479. The maximum absolute atomic E-state index is 12.1. The Kier molecular flexibility index (Phi) is 3.66. The van der Waals surface area contributed by atoms with E-state index in [9.17, 15) is 4.79 Å². The number of Topliss-reactive ketones (excluding diaryl/α,β-unsaturated/α-hetero) is 1. The highest BCUT2D eigenvalue weighted by molar-refractivity contribution is 5.86. The minimum atomic E-state index is -0.0711. The first kappa shape index (κ1) is 11.5. The first-order valence-corrected chi connectivity index (χ1v) is 5.75. The largest absolute Gasteiger partial charge is 0.299 e. The van der Waals surface area contributed by atoms with Crippen molar-refractivity contribution in [1.82, 2.24) is 4.98 Å². The van der Waals surface area contributed by atoms with Crippen LogP contribution in [0.15, 0.2) is 54.7 Å². The average Bonchev–Trinajstić information content (AvgIpc) is 2.40. The van der Waals surface area contributed by atoms with Crippen LogP contribution in [0.4, 0.5) is 0 Å². The molecule has 0 bridgehead atoms. The van der Waals surface area contributed by atoms with Gasteiger partial charge in [-0.3, -0.25) is 9.78 Å². The van der Waals surface area contributed by atoms with Crippen LogP contribution >= 0.6 is 0 Å². The molecule has 2 heteroatoms. The van der Waals surface area contributed by atoms with Gasteiger partial charge < -0.3 is 0 Å². The summed E-state index contributed by atoms with van der Waals surface area (Å²) < 4.78 is 0. The van der Waals surface area contributed by atoms with Crippen molar-refractivity contribution in [2.24, 2.45) is 0 Å². The van der Waals surface area contributed by atoms with Crippen molar-refractivity contribution in [2.75, 3.05) is 0 Å². The van der Waals surface area contributed by atoms with E-state index in [1.165, 1.54) is 0 Å². The lowest BCUT2D eigenvalue weighted by molar-refractivity contribution is -0.119. The highest BCUT2D eigenvalue weighted by Crippen LogP contribution is 2.17. The van der Waals surface area contributed by atoms with Crippen molar-refractivity contribution in [3.05, 3.63) is 66.0 Å². The zero-order valence-electron chi connectivity index (χ0n) is 9.84. The van der Waals surface area contributed by atoms with Crippen LogP contribution in [0.25, 0.3) is 0 Å². The Morgan fingerprint density at radius 3 is 2.47 bits per heavy atom. The monoisotopic (exact) mass is 225 g/mol. The molecule has 0 aliphatic heterocycles. The molecular weight excluding hydrogens is 210 g/mol. The molecule has 1 atom stereocenters. The molecule has 17 heavy (non-hydrogen) atoms. The summed E-state index contributed by atoms with van der Waals surface area (Å²) in [6.45, 7) is 1.95. The van der Waals surface area contributed by atoms with E-state index in [4.69, 9.17) is 0 Å². The molecule has 1 aromatic carbocycles. The summed E-state index contributed by atoms with van der Waals surface area (Å²) in [4.78, 5) is 16.2. The van der Waals surface area contributed by atoms with Gasteiger partial charge in [0, 0.05) is 24.2 Å². The fraction of sp³-hybridized carbons (Fsp3) is 0.200. The second-order valence-electron chi connectivity index (χ2n) is 4.10. The Morgan fingerprint density at radius 1 is 1.12 bits per heavy atom. The van der Waals surface area contributed by atoms with Crippen LogP contribution in [0.2, 0.25) is 0 Å². The lowest BCUT2D eigenvalue weighted by atomic mass is 9.94. The summed E-state index contributed by atoms with van der Waals surface area (Å²) in [6.07, 6.45) is 2.12. The number of aromatic nitrogens is 1. The van der Waals surface area contributed by atoms with Crippen LogP contribution in [-0.4, -0.2) is 10.8 Å². The lowest BCUT2D eigenvalue weighted by Gasteiger charge is -2.10. The molecule has 0 fully saturated rings. The third-order valence-corrected chi connectivity index (χ3v) is 2.86. The molecule has 0 aliphatic rings. The number of rotatable bonds is 4. The summed E-state index contributed by atoms with van der Waals surface area (Å²) in [6, 6.07) is 15.5. The van der Waals surface area contributed by atoms with Crippen LogP contribution < -0.4 is 0 Å². The van der Waals surface area contributed by atoms with E-state index in [2.05, 4.69) is 4.98 Å². The van der Waals surface area contributed by atoms with Gasteiger partial charge in [-0.25, -0.2) is 0 Å². The molecule has 0 amide bonds. The predicted octanol–water partition coefficient (Wildman–Crippen LogP) is 3.00. The Hall–Kier alpha value is -1.96. The van der Waals surface area contributed by atoms with Crippen molar-refractivity contribution < 1.29 is 4.79 Å². The second kappa shape index (κ2) is 5.39. The van der Waals surface area contributed by atoms with E-state index in [1.54, 1.807) is 6.20 Å². The summed E-state index contributed by atoms with van der Waals surface area (Å²) in [7, 11) is 0. The van der Waals surface area contributed by atoms with Crippen LogP contribution in [-0.2, 0) is 11.2 Å². The first-order chi connectivity index (χ1) is 8.27. The van der Waals surface area contributed by atoms with Crippen molar-refractivity contribution in [3.8, 4) is 0 Å². The smallest absolute Gasteiger partial charge is 0.145 e. The van der Waals surface area contributed by atoms with Gasteiger partial charge in [-0.15, -0.1) is 0 Å². The number of hydrogen-bond acceptors (Lipinski definition) is 2. The molecule has 1 aromatic heterocycles. The Balaban J connectivity index is 2.06. The molecule has 0 saturated heterocycles. The third-order valence-electron chi connectivity index (χ3n) is 2.86. The highest BCUT2D eigenvalue weighted by atomic mass is 16.1. The fourth-order valence-electron chi connectivity index (χ4n) is 1.76. The van der Waals surface area contributed by atoms with Crippen molar-refractivity contribution in [3.63, 3.8) is 0 Å². The first-order valence-electron chi connectivity index (χ1n) is 5.75. The van der Waals surface area contributed by atoms with Gasteiger partial charge in [0.2, 0.25) is 0 Å². The predicted molar refractivity (Wildman–Crippen MR) is 67.8 cm³/mol. The SMILES string of the molecule is CC(C(=O)Cc1ccccn1)c1ccccc1. The molecule has 0 spiro atoms. The molecule has 0 N–H and O–H groups in total. The van der Waals surface area contributed by atoms with Crippen LogP contribution in [0.5, 0.6) is 0 Å². The van der Waals surface area contributed by atoms with Crippen molar-refractivity contribution in [2.45, 2.75) is 19.3 Å². The van der Waals surface area contributed by atoms with Crippen LogP contribution in [0, 0.1) is 0 Å². The number of ketones is 1. The minimum absolute atomic E-state index is 0.0711. The number of hydrogen-bond donors (Lipinski definition) is 0. The summed E-state index contributed by atoms with van der Waals surface area (Å²) in [5.41, 5.74) is 1.90. The topological polar surface area (TPSA) is 30.0 Å². The van der Waals surface area contributed by atoms with Gasteiger partial charge in [-0.05, 0) is 17.7 Å². The van der Waals surface area contributed by atoms with Crippen LogP contribution in [0.1, 0.15) is 24.1 Å². The van der Waals surface area contributed by atoms with E-state index < -0.39 is 0 Å². The molecule has 1 unspecified atom stereocenters. The van der Waals surface area contributed by atoms with Gasteiger partial charge in [-0.1, -0.05) is 43.3 Å². The maximum Gasteiger partial charge on any atom is 0.145 e. The zero-order chi connectivity index (χ0) is 12.1. The fourth-order valence-corrected chi connectivity index (χ4v) is 1.76. The molecular formula is C15H15NO. The molecule has 86 valence electrons. The molecule has 2 aromatic rings.